The molecule has 2 aromatic carbocycles. The molecule has 8 heteroatoms. The Morgan fingerprint density at radius 3 is 2.34 bits per heavy atom. The van der Waals surface area contributed by atoms with Gasteiger partial charge in [0.25, 0.3) is 0 Å². The lowest BCUT2D eigenvalue weighted by atomic mass is 9.93. The Kier molecular flexibility index (Phi) is 8.80. The van der Waals surface area contributed by atoms with Gasteiger partial charge in [0.05, 0.1) is 12.8 Å². The molecule has 0 amide bonds. The quantitative estimate of drug-likeness (QED) is 0.408. The van der Waals surface area contributed by atoms with Crippen molar-refractivity contribution in [3.8, 4) is 5.75 Å². The van der Waals surface area contributed by atoms with Crippen LogP contribution in [0.3, 0.4) is 0 Å². The molecule has 35 heavy (non-hydrogen) atoms. The van der Waals surface area contributed by atoms with Crippen molar-refractivity contribution in [2.75, 3.05) is 44.7 Å². The lowest BCUT2D eigenvalue weighted by Gasteiger charge is -2.35. The van der Waals surface area contributed by atoms with Crippen molar-refractivity contribution in [1.82, 2.24) is 9.88 Å². The lowest BCUT2D eigenvalue weighted by Crippen LogP contribution is -2.46. The lowest BCUT2D eigenvalue weighted by molar-refractivity contribution is -0.159. The van der Waals surface area contributed by atoms with E-state index in [-0.39, 0.29) is 5.92 Å². The largest absolute Gasteiger partial charge is 0.497 e. The molecule has 8 nitrogen and oxygen atoms in total. The highest BCUT2D eigenvalue weighted by Gasteiger charge is 2.21. The number of likely N-dealkylation sites (N-methyl/N-ethyl adjacent to an activating group) is 1. The first-order valence-electron chi connectivity index (χ1n) is 11.5. The fourth-order valence-electron chi connectivity index (χ4n) is 4.14. The monoisotopic (exact) mass is 477 g/mol. The summed E-state index contributed by atoms with van der Waals surface area (Å²) in [5.41, 5.74) is 2.17. The SMILES string of the molecule is C=CC(c1cccc(OC)c1)c1cc2ccccc2c(N2CCN(CC)CC2)n1.O=C(O)C(=O)O. The van der Waals surface area contributed by atoms with Crippen LogP contribution in [0.1, 0.15) is 24.1 Å². The molecule has 1 saturated heterocycles. The molecular formula is C27H31N3O5. The molecule has 0 bridgehead atoms. The topological polar surface area (TPSA) is 103 Å². The molecule has 1 aliphatic rings. The number of hydrogen-bond donors (Lipinski definition) is 2. The number of ether oxygens (including phenoxy) is 1. The first-order chi connectivity index (χ1) is 16.9. The van der Waals surface area contributed by atoms with Crippen molar-refractivity contribution in [3.63, 3.8) is 0 Å². The minimum Gasteiger partial charge on any atom is -0.497 e. The number of methoxy groups -OCH3 is 1. The number of aliphatic carboxylic acids is 2. The van der Waals surface area contributed by atoms with Crippen LogP contribution in [0.4, 0.5) is 5.82 Å². The number of rotatable bonds is 6. The van der Waals surface area contributed by atoms with Gasteiger partial charge in [-0.25, -0.2) is 14.6 Å². The molecule has 0 radical (unpaired) electrons. The standard InChI is InChI=1S/C25H29N3O.C2H2O4/c1-4-22(19-10-8-11-21(17-19)29-3)24-18-20-9-6-7-12-23(20)25(26-24)28-15-13-27(5-2)14-16-28;3-1(4)2(5)6/h4,6-12,17-18,22H,1,5,13-16H2,2-3H3;(H,3,4)(H,5,6). The fraction of sp³-hybridized carbons (Fsp3) is 0.296. The van der Waals surface area contributed by atoms with Gasteiger partial charge in [0, 0.05) is 37.5 Å². The average molecular weight is 478 g/mol. The Morgan fingerprint density at radius 2 is 1.74 bits per heavy atom. The predicted octanol–water partition coefficient (Wildman–Crippen LogP) is 3.86. The maximum Gasteiger partial charge on any atom is 0.414 e. The minimum absolute atomic E-state index is 0.0189. The number of aromatic nitrogens is 1. The van der Waals surface area contributed by atoms with Crippen molar-refractivity contribution < 1.29 is 24.5 Å². The van der Waals surface area contributed by atoms with E-state index in [0.717, 1.165) is 55.5 Å². The van der Waals surface area contributed by atoms with Crippen molar-refractivity contribution in [1.29, 1.82) is 0 Å². The van der Waals surface area contributed by atoms with Crippen LogP contribution in [0.25, 0.3) is 10.8 Å². The number of piperazine rings is 1. The summed E-state index contributed by atoms with van der Waals surface area (Å²) >= 11 is 0. The highest BCUT2D eigenvalue weighted by Crippen LogP contribution is 2.33. The second-order valence-electron chi connectivity index (χ2n) is 8.11. The van der Waals surface area contributed by atoms with E-state index in [0.29, 0.717) is 0 Å². The molecule has 0 aliphatic carbocycles. The third-order valence-corrected chi connectivity index (χ3v) is 6.05. The maximum absolute atomic E-state index is 9.10. The highest BCUT2D eigenvalue weighted by atomic mass is 16.5. The van der Waals surface area contributed by atoms with Crippen LogP contribution in [-0.2, 0) is 9.59 Å². The van der Waals surface area contributed by atoms with Crippen LogP contribution in [0.2, 0.25) is 0 Å². The fourth-order valence-corrected chi connectivity index (χ4v) is 4.14. The Labute approximate surface area is 205 Å². The van der Waals surface area contributed by atoms with Crippen molar-refractivity contribution in [3.05, 3.63) is 78.5 Å². The van der Waals surface area contributed by atoms with Gasteiger partial charge in [-0.2, -0.15) is 0 Å². The van der Waals surface area contributed by atoms with Gasteiger partial charge < -0.3 is 24.7 Å². The number of allylic oxidation sites excluding steroid dienone is 1. The van der Waals surface area contributed by atoms with Crippen molar-refractivity contribution >= 4 is 28.5 Å². The van der Waals surface area contributed by atoms with E-state index >= 15 is 0 Å². The van der Waals surface area contributed by atoms with Gasteiger partial charge in [0.1, 0.15) is 11.6 Å². The first-order valence-corrected chi connectivity index (χ1v) is 11.5. The first kappa shape index (κ1) is 25.7. The van der Waals surface area contributed by atoms with Crippen LogP contribution in [0, 0.1) is 0 Å². The smallest absolute Gasteiger partial charge is 0.414 e. The van der Waals surface area contributed by atoms with E-state index in [2.05, 4.69) is 65.8 Å². The second-order valence-corrected chi connectivity index (χ2v) is 8.11. The van der Waals surface area contributed by atoms with Crippen LogP contribution in [0.15, 0.2) is 67.3 Å². The van der Waals surface area contributed by atoms with Crippen LogP contribution in [-0.4, -0.2) is 71.9 Å². The summed E-state index contributed by atoms with van der Waals surface area (Å²) in [6.45, 7) is 11.6. The van der Waals surface area contributed by atoms with E-state index in [1.165, 1.54) is 10.8 Å². The molecule has 0 saturated carbocycles. The highest BCUT2D eigenvalue weighted by molar-refractivity contribution is 6.27. The number of carboxylic acids is 2. The summed E-state index contributed by atoms with van der Waals surface area (Å²) < 4.78 is 5.43. The second kappa shape index (κ2) is 12.0. The van der Waals surface area contributed by atoms with Crippen molar-refractivity contribution in [2.24, 2.45) is 0 Å². The zero-order valence-corrected chi connectivity index (χ0v) is 20.1. The Bertz CT molecular complexity index is 1180. The van der Waals surface area contributed by atoms with Gasteiger partial charge in [-0.05, 0) is 35.7 Å². The van der Waals surface area contributed by atoms with Gasteiger partial charge >= 0.3 is 11.9 Å². The Balaban J connectivity index is 0.000000509. The van der Waals surface area contributed by atoms with Crippen molar-refractivity contribution in [2.45, 2.75) is 12.8 Å². The summed E-state index contributed by atoms with van der Waals surface area (Å²) in [5, 5.41) is 17.2. The van der Waals surface area contributed by atoms with E-state index in [9.17, 15) is 0 Å². The molecule has 0 spiro atoms. The molecule has 3 aromatic rings. The minimum atomic E-state index is -1.82. The number of fused-ring (bicyclic) bond motifs is 1. The molecule has 1 atom stereocenters. The van der Waals surface area contributed by atoms with Gasteiger partial charge in [-0.1, -0.05) is 49.4 Å². The normalized spacial score (nSPS) is 14.5. The molecule has 1 aromatic heterocycles. The van der Waals surface area contributed by atoms with E-state index in [1.54, 1.807) is 7.11 Å². The number of benzene rings is 2. The summed E-state index contributed by atoms with van der Waals surface area (Å²) in [5.74, 6) is -1.69. The Morgan fingerprint density at radius 1 is 1.06 bits per heavy atom. The molecule has 184 valence electrons. The molecule has 4 rings (SSSR count). The molecule has 2 heterocycles. The number of nitrogens with zero attached hydrogens (tertiary/aromatic N) is 3. The summed E-state index contributed by atoms with van der Waals surface area (Å²) in [4.78, 5) is 28.3. The third-order valence-electron chi connectivity index (χ3n) is 6.05. The van der Waals surface area contributed by atoms with Gasteiger partial charge in [-0.3, -0.25) is 0 Å². The summed E-state index contributed by atoms with van der Waals surface area (Å²) in [6.07, 6.45) is 1.98. The maximum atomic E-state index is 9.10. The Hall–Kier alpha value is -3.91. The number of carbonyl (C=O) groups is 2. The molecule has 1 fully saturated rings. The van der Waals surface area contributed by atoms with E-state index in [1.807, 2.05) is 18.2 Å². The molecular weight excluding hydrogens is 446 g/mol. The van der Waals surface area contributed by atoms with E-state index in [4.69, 9.17) is 29.5 Å². The predicted molar refractivity (Wildman–Crippen MR) is 136 cm³/mol. The number of hydrogen-bond acceptors (Lipinski definition) is 6. The van der Waals surface area contributed by atoms with E-state index < -0.39 is 11.9 Å². The zero-order valence-electron chi connectivity index (χ0n) is 20.1. The summed E-state index contributed by atoms with van der Waals surface area (Å²) in [6, 6.07) is 18.9. The van der Waals surface area contributed by atoms with Gasteiger partial charge in [0.15, 0.2) is 0 Å². The summed E-state index contributed by atoms with van der Waals surface area (Å²) in [7, 11) is 1.70. The molecule has 1 unspecified atom stereocenters. The van der Waals surface area contributed by atoms with Gasteiger partial charge in [0.2, 0.25) is 0 Å². The van der Waals surface area contributed by atoms with Crippen LogP contribution in [0.5, 0.6) is 5.75 Å². The number of anilines is 1. The van der Waals surface area contributed by atoms with Crippen LogP contribution >= 0.6 is 0 Å². The molecule has 1 aliphatic heterocycles. The van der Waals surface area contributed by atoms with Crippen LogP contribution < -0.4 is 9.64 Å². The number of carboxylic acid groups (broad SMARTS) is 2. The average Bonchev–Trinajstić information content (AvgIpc) is 2.89. The third kappa shape index (κ3) is 6.36. The van der Waals surface area contributed by atoms with Gasteiger partial charge in [-0.15, -0.1) is 6.58 Å². The zero-order chi connectivity index (χ0) is 25.4. The number of pyridine rings is 1. The molecule has 2 N–H and O–H groups in total.